The van der Waals surface area contributed by atoms with Crippen molar-refractivity contribution in [1.29, 1.82) is 0 Å². The van der Waals surface area contributed by atoms with Crippen molar-refractivity contribution < 1.29 is 9.53 Å². The van der Waals surface area contributed by atoms with Gasteiger partial charge in [0.25, 0.3) is 0 Å². The van der Waals surface area contributed by atoms with Gasteiger partial charge in [0.15, 0.2) is 0 Å². The van der Waals surface area contributed by atoms with Crippen molar-refractivity contribution in [2.45, 2.75) is 24.7 Å². The number of carbonyl (C=O) groups excluding carboxylic acids is 1. The molecule has 4 nitrogen and oxygen atoms in total. The van der Waals surface area contributed by atoms with Crippen LogP contribution in [0.25, 0.3) is 0 Å². The van der Waals surface area contributed by atoms with Gasteiger partial charge in [-0.05, 0) is 55.3 Å². The Kier molecular flexibility index (Phi) is 5.87. The van der Waals surface area contributed by atoms with Gasteiger partial charge in [-0.15, -0.1) is 11.8 Å². The third kappa shape index (κ3) is 4.48. The van der Waals surface area contributed by atoms with E-state index < -0.39 is 0 Å². The first-order valence-corrected chi connectivity index (χ1v) is 9.62. The molecule has 0 radical (unpaired) electrons. The Hall–Kier alpha value is -2.14. The topological polar surface area (TPSA) is 41.6 Å². The Morgan fingerprint density at radius 2 is 2.04 bits per heavy atom. The Balaban J connectivity index is 1.49. The summed E-state index contributed by atoms with van der Waals surface area (Å²) in [5.41, 5.74) is 3.52. The van der Waals surface area contributed by atoms with Crippen LogP contribution in [0.5, 0.6) is 5.75 Å². The van der Waals surface area contributed by atoms with E-state index in [0.717, 1.165) is 41.6 Å². The van der Waals surface area contributed by atoms with Crippen molar-refractivity contribution in [1.82, 2.24) is 0 Å². The Morgan fingerprint density at radius 3 is 2.76 bits per heavy atom. The highest BCUT2D eigenvalue weighted by molar-refractivity contribution is 7.99. The van der Waals surface area contributed by atoms with Crippen LogP contribution in [0.15, 0.2) is 47.4 Å². The zero-order chi connectivity index (χ0) is 17.6. The van der Waals surface area contributed by atoms with E-state index in [1.165, 1.54) is 11.3 Å². The molecule has 0 saturated heterocycles. The van der Waals surface area contributed by atoms with Crippen LogP contribution >= 0.6 is 11.8 Å². The van der Waals surface area contributed by atoms with E-state index in [1.807, 2.05) is 30.3 Å². The van der Waals surface area contributed by atoms with Gasteiger partial charge < -0.3 is 15.0 Å². The van der Waals surface area contributed by atoms with E-state index in [0.29, 0.717) is 6.42 Å². The first-order valence-electron chi connectivity index (χ1n) is 8.64. The summed E-state index contributed by atoms with van der Waals surface area (Å²) in [6.07, 6.45) is 1.58. The Morgan fingerprint density at radius 1 is 1.24 bits per heavy atom. The standard InChI is InChI=1S/C20H24N2O2S/c1-3-22-12-10-15-4-5-16(14-19(15)22)21-20(23)11-13-25-18-8-6-17(24-2)7-9-18/h4-9,14H,3,10-13H2,1-2H3,(H,21,23). The van der Waals surface area contributed by atoms with Crippen molar-refractivity contribution in [3.05, 3.63) is 48.0 Å². The number of thioether (sulfide) groups is 1. The molecule has 0 aliphatic carbocycles. The van der Waals surface area contributed by atoms with E-state index in [-0.39, 0.29) is 5.91 Å². The average molecular weight is 356 g/mol. The first-order chi connectivity index (χ1) is 12.2. The third-order valence-electron chi connectivity index (χ3n) is 4.40. The molecule has 0 fully saturated rings. The lowest BCUT2D eigenvalue weighted by molar-refractivity contribution is -0.115. The number of hydrogen-bond donors (Lipinski definition) is 1. The maximum atomic E-state index is 12.2. The smallest absolute Gasteiger partial charge is 0.225 e. The number of likely N-dealkylation sites (N-methyl/N-ethyl adjacent to an activating group) is 1. The molecular formula is C20H24N2O2S. The van der Waals surface area contributed by atoms with Crippen LogP contribution in [0.2, 0.25) is 0 Å². The van der Waals surface area contributed by atoms with Gasteiger partial charge in [0.05, 0.1) is 7.11 Å². The number of hydrogen-bond acceptors (Lipinski definition) is 4. The molecule has 1 amide bonds. The minimum absolute atomic E-state index is 0.0574. The van der Waals surface area contributed by atoms with Crippen molar-refractivity contribution in [3.8, 4) is 5.75 Å². The number of ether oxygens (including phenoxy) is 1. The fourth-order valence-corrected chi connectivity index (χ4v) is 3.86. The number of benzene rings is 2. The van der Waals surface area contributed by atoms with Gasteiger partial charge in [-0.2, -0.15) is 0 Å². The van der Waals surface area contributed by atoms with Crippen molar-refractivity contribution in [3.63, 3.8) is 0 Å². The van der Waals surface area contributed by atoms with Crippen LogP contribution in [0.1, 0.15) is 18.9 Å². The fraction of sp³-hybridized carbons (Fsp3) is 0.350. The van der Waals surface area contributed by atoms with Gasteiger partial charge in [0, 0.05) is 41.5 Å². The number of amides is 1. The molecule has 5 heteroatoms. The molecule has 2 aromatic rings. The molecule has 0 bridgehead atoms. The molecule has 3 rings (SSSR count). The number of nitrogens with one attached hydrogen (secondary N) is 1. The number of methoxy groups -OCH3 is 1. The minimum Gasteiger partial charge on any atom is -0.497 e. The minimum atomic E-state index is 0.0574. The molecular weight excluding hydrogens is 332 g/mol. The fourth-order valence-electron chi connectivity index (χ4n) is 3.01. The highest BCUT2D eigenvalue weighted by Crippen LogP contribution is 2.30. The summed E-state index contributed by atoms with van der Waals surface area (Å²) in [6, 6.07) is 14.1. The molecule has 0 unspecified atom stereocenters. The highest BCUT2D eigenvalue weighted by Gasteiger charge is 2.18. The normalized spacial score (nSPS) is 12.8. The summed E-state index contributed by atoms with van der Waals surface area (Å²) in [6.45, 7) is 4.24. The predicted molar refractivity (Wildman–Crippen MR) is 105 cm³/mol. The zero-order valence-electron chi connectivity index (χ0n) is 14.7. The van der Waals surface area contributed by atoms with Crippen LogP contribution in [0.4, 0.5) is 11.4 Å². The number of fused-ring (bicyclic) bond motifs is 1. The van der Waals surface area contributed by atoms with Gasteiger partial charge in [-0.25, -0.2) is 0 Å². The summed E-state index contributed by atoms with van der Waals surface area (Å²) in [7, 11) is 1.66. The van der Waals surface area contributed by atoms with Gasteiger partial charge in [0.2, 0.25) is 5.91 Å². The van der Waals surface area contributed by atoms with Gasteiger partial charge in [-0.3, -0.25) is 4.79 Å². The predicted octanol–water partition coefficient (Wildman–Crippen LogP) is 4.20. The van der Waals surface area contributed by atoms with Crippen molar-refractivity contribution in [2.75, 3.05) is 36.2 Å². The van der Waals surface area contributed by atoms with Gasteiger partial charge >= 0.3 is 0 Å². The number of rotatable bonds is 7. The Labute approximate surface area is 153 Å². The first kappa shape index (κ1) is 17.7. The molecule has 0 saturated carbocycles. The quantitative estimate of drug-likeness (QED) is 0.755. The summed E-state index contributed by atoms with van der Waals surface area (Å²) in [5, 5.41) is 3.02. The highest BCUT2D eigenvalue weighted by atomic mass is 32.2. The Bertz CT molecular complexity index is 731. The lowest BCUT2D eigenvalue weighted by Gasteiger charge is -2.17. The second-order valence-electron chi connectivity index (χ2n) is 6.00. The lowest BCUT2D eigenvalue weighted by Crippen LogP contribution is -2.19. The summed E-state index contributed by atoms with van der Waals surface area (Å²) in [5.74, 6) is 1.66. The molecule has 1 aliphatic heterocycles. The summed E-state index contributed by atoms with van der Waals surface area (Å²) >= 11 is 1.68. The molecule has 132 valence electrons. The maximum absolute atomic E-state index is 12.2. The van der Waals surface area contributed by atoms with Crippen molar-refractivity contribution in [2.24, 2.45) is 0 Å². The van der Waals surface area contributed by atoms with Crippen LogP contribution in [0, 0.1) is 0 Å². The largest absolute Gasteiger partial charge is 0.497 e. The third-order valence-corrected chi connectivity index (χ3v) is 5.41. The number of anilines is 2. The molecule has 25 heavy (non-hydrogen) atoms. The number of carbonyl (C=O) groups is 1. The number of nitrogens with zero attached hydrogens (tertiary/aromatic N) is 1. The van der Waals surface area contributed by atoms with E-state index in [2.05, 4.69) is 29.3 Å². The monoisotopic (exact) mass is 356 g/mol. The molecule has 2 aromatic carbocycles. The van der Waals surface area contributed by atoms with E-state index >= 15 is 0 Å². The van der Waals surface area contributed by atoms with Crippen LogP contribution in [-0.2, 0) is 11.2 Å². The molecule has 1 N–H and O–H groups in total. The average Bonchev–Trinajstić information content (AvgIpc) is 3.04. The van der Waals surface area contributed by atoms with Gasteiger partial charge in [-0.1, -0.05) is 6.07 Å². The van der Waals surface area contributed by atoms with E-state index in [4.69, 9.17) is 4.74 Å². The molecule has 1 heterocycles. The van der Waals surface area contributed by atoms with E-state index in [1.54, 1.807) is 18.9 Å². The second kappa shape index (κ2) is 8.30. The lowest BCUT2D eigenvalue weighted by atomic mass is 10.1. The van der Waals surface area contributed by atoms with E-state index in [9.17, 15) is 4.79 Å². The maximum Gasteiger partial charge on any atom is 0.225 e. The second-order valence-corrected chi connectivity index (χ2v) is 7.16. The molecule has 1 aliphatic rings. The van der Waals surface area contributed by atoms with Crippen LogP contribution < -0.4 is 15.0 Å². The van der Waals surface area contributed by atoms with Crippen molar-refractivity contribution >= 4 is 29.0 Å². The van der Waals surface area contributed by atoms with Crippen LogP contribution in [0.3, 0.4) is 0 Å². The zero-order valence-corrected chi connectivity index (χ0v) is 15.6. The molecule has 0 aromatic heterocycles. The summed E-state index contributed by atoms with van der Waals surface area (Å²) in [4.78, 5) is 15.7. The van der Waals surface area contributed by atoms with Crippen LogP contribution in [-0.4, -0.2) is 31.9 Å². The van der Waals surface area contributed by atoms with Gasteiger partial charge in [0.1, 0.15) is 5.75 Å². The molecule has 0 spiro atoms. The SMILES string of the molecule is CCN1CCc2ccc(NC(=O)CCSc3ccc(OC)cc3)cc21. The molecule has 0 atom stereocenters. The summed E-state index contributed by atoms with van der Waals surface area (Å²) < 4.78 is 5.15.